The molecule has 0 spiro atoms. The monoisotopic (exact) mass is 317 g/mol. The van der Waals surface area contributed by atoms with Gasteiger partial charge in [-0.1, -0.05) is 30.3 Å². The van der Waals surface area contributed by atoms with E-state index in [0.717, 1.165) is 50.7 Å². The molecule has 1 aromatic carbocycles. The van der Waals surface area contributed by atoms with Crippen molar-refractivity contribution in [2.24, 2.45) is 11.8 Å². The second-order valence-corrected chi connectivity index (χ2v) is 6.86. The molecule has 1 saturated heterocycles. The number of carbonyl (C=O) groups is 1. The molecular weight excluding hydrogens is 290 g/mol. The number of aliphatic hydroxyl groups is 1. The summed E-state index contributed by atoms with van der Waals surface area (Å²) in [5, 5.41) is 12.5. The summed E-state index contributed by atoms with van der Waals surface area (Å²) in [7, 11) is 0. The van der Waals surface area contributed by atoms with E-state index in [-0.39, 0.29) is 30.6 Å². The number of amides is 1. The lowest BCUT2D eigenvalue weighted by atomic mass is 9.85. The van der Waals surface area contributed by atoms with Crippen LogP contribution in [0.3, 0.4) is 0 Å². The largest absolute Gasteiger partial charge is 0.396 e. The highest BCUT2D eigenvalue weighted by atomic mass is 16.5. The zero-order chi connectivity index (χ0) is 16.1. The van der Waals surface area contributed by atoms with Crippen LogP contribution in [0, 0.1) is 11.8 Å². The first-order chi connectivity index (χ1) is 11.3. The third kappa shape index (κ3) is 4.12. The van der Waals surface area contributed by atoms with Gasteiger partial charge in [0, 0.05) is 19.3 Å². The zero-order valence-electron chi connectivity index (χ0n) is 13.6. The highest BCUT2D eigenvalue weighted by molar-refractivity contribution is 5.80. The number of nitrogens with one attached hydrogen (secondary N) is 1. The van der Waals surface area contributed by atoms with Crippen molar-refractivity contribution in [3.05, 3.63) is 35.9 Å². The molecule has 4 nitrogen and oxygen atoms in total. The molecule has 0 aromatic heterocycles. The summed E-state index contributed by atoms with van der Waals surface area (Å²) in [5.41, 5.74) is 1.09. The number of benzene rings is 1. The minimum Gasteiger partial charge on any atom is -0.396 e. The number of hydrogen-bond acceptors (Lipinski definition) is 3. The minimum atomic E-state index is -0.126. The van der Waals surface area contributed by atoms with Gasteiger partial charge in [0.2, 0.25) is 5.91 Å². The fourth-order valence-corrected chi connectivity index (χ4v) is 3.82. The van der Waals surface area contributed by atoms with E-state index in [0.29, 0.717) is 5.92 Å². The minimum absolute atomic E-state index is 0.0956. The lowest BCUT2D eigenvalue weighted by Crippen LogP contribution is -2.44. The average molecular weight is 317 g/mol. The van der Waals surface area contributed by atoms with Gasteiger partial charge in [-0.2, -0.15) is 0 Å². The Bertz CT molecular complexity index is 497. The second-order valence-electron chi connectivity index (χ2n) is 6.86. The Kier molecular flexibility index (Phi) is 5.68. The first-order valence-electron chi connectivity index (χ1n) is 8.85. The molecule has 1 aromatic rings. The van der Waals surface area contributed by atoms with Crippen LogP contribution in [0.2, 0.25) is 0 Å². The quantitative estimate of drug-likeness (QED) is 0.898. The van der Waals surface area contributed by atoms with Gasteiger partial charge in [0.15, 0.2) is 0 Å². The van der Waals surface area contributed by atoms with Crippen LogP contribution in [0.4, 0.5) is 0 Å². The Morgan fingerprint density at radius 3 is 2.57 bits per heavy atom. The number of aliphatic hydroxyl groups excluding tert-OH is 1. The van der Waals surface area contributed by atoms with E-state index in [9.17, 15) is 9.90 Å². The smallest absolute Gasteiger partial charge is 0.226 e. The van der Waals surface area contributed by atoms with Crippen LogP contribution in [0.5, 0.6) is 0 Å². The number of carbonyl (C=O) groups excluding carboxylic acids is 1. The van der Waals surface area contributed by atoms with Crippen LogP contribution in [0.15, 0.2) is 30.3 Å². The molecule has 2 fully saturated rings. The van der Waals surface area contributed by atoms with Crippen LogP contribution < -0.4 is 5.32 Å². The molecule has 4 heteroatoms. The van der Waals surface area contributed by atoms with Crippen LogP contribution >= 0.6 is 0 Å². The van der Waals surface area contributed by atoms with Gasteiger partial charge in [-0.3, -0.25) is 4.79 Å². The first kappa shape index (κ1) is 16.5. The summed E-state index contributed by atoms with van der Waals surface area (Å²) in [6.07, 6.45) is 5.66. The van der Waals surface area contributed by atoms with E-state index in [1.165, 1.54) is 0 Å². The van der Waals surface area contributed by atoms with E-state index < -0.39 is 0 Å². The highest BCUT2D eigenvalue weighted by Crippen LogP contribution is 2.34. The lowest BCUT2D eigenvalue weighted by Gasteiger charge is -2.34. The molecule has 126 valence electrons. The van der Waals surface area contributed by atoms with E-state index in [1.807, 2.05) is 30.3 Å². The summed E-state index contributed by atoms with van der Waals surface area (Å²) < 4.78 is 5.93. The maximum Gasteiger partial charge on any atom is 0.226 e. The van der Waals surface area contributed by atoms with Gasteiger partial charge in [0.1, 0.15) is 0 Å². The normalized spacial score (nSPS) is 31.5. The van der Waals surface area contributed by atoms with E-state index in [2.05, 4.69) is 5.32 Å². The third-order valence-corrected chi connectivity index (χ3v) is 5.24. The molecule has 3 rings (SSSR count). The molecule has 1 saturated carbocycles. The lowest BCUT2D eigenvalue weighted by molar-refractivity contribution is -0.135. The van der Waals surface area contributed by atoms with Crippen molar-refractivity contribution in [2.45, 2.75) is 50.7 Å². The van der Waals surface area contributed by atoms with E-state index in [4.69, 9.17) is 4.74 Å². The second kappa shape index (κ2) is 7.93. The van der Waals surface area contributed by atoms with Gasteiger partial charge in [-0.15, -0.1) is 0 Å². The van der Waals surface area contributed by atoms with Crippen LogP contribution in [0.25, 0.3) is 0 Å². The Hall–Kier alpha value is -1.39. The van der Waals surface area contributed by atoms with Crippen molar-refractivity contribution in [1.82, 2.24) is 5.32 Å². The molecule has 2 unspecified atom stereocenters. The van der Waals surface area contributed by atoms with E-state index in [1.54, 1.807) is 0 Å². The Balaban J connectivity index is 1.61. The maximum absolute atomic E-state index is 12.8. The van der Waals surface area contributed by atoms with Gasteiger partial charge in [0.05, 0.1) is 12.0 Å². The summed E-state index contributed by atoms with van der Waals surface area (Å²) in [6, 6.07) is 10.3. The predicted molar refractivity (Wildman–Crippen MR) is 88.8 cm³/mol. The fourth-order valence-electron chi connectivity index (χ4n) is 3.82. The van der Waals surface area contributed by atoms with Gasteiger partial charge in [-0.05, 0) is 50.0 Å². The molecule has 1 heterocycles. The van der Waals surface area contributed by atoms with Crippen LogP contribution in [0.1, 0.15) is 50.2 Å². The van der Waals surface area contributed by atoms with Crippen molar-refractivity contribution in [2.75, 3.05) is 13.2 Å². The SMILES string of the molecule is O=C(NC1CCC(CO)CC1)C1CCCOC1c1ccccc1. The summed E-state index contributed by atoms with van der Waals surface area (Å²) in [4.78, 5) is 12.8. The Labute approximate surface area is 138 Å². The highest BCUT2D eigenvalue weighted by Gasteiger charge is 2.34. The molecule has 1 aliphatic carbocycles. The molecule has 2 N–H and O–H groups in total. The van der Waals surface area contributed by atoms with Crippen molar-refractivity contribution < 1.29 is 14.6 Å². The predicted octanol–water partition coefficient (Wildman–Crippen LogP) is 2.82. The molecular formula is C19H27NO3. The molecule has 0 radical (unpaired) electrons. The fraction of sp³-hybridized carbons (Fsp3) is 0.632. The number of ether oxygens (including phenoxy) is 1. The van der Waals surface area contributed by atoms with Crippen LogP contribution in [-0.2, 0) is 9.53 Å². The molecule has 0 bridgehead atoms. The molecule has 2 aliphatic rings. The van der Waals surface area contributed by atoms with Crippen molar-refractivity contribution in [3.63, 3.8) is 0 Å². The maximum atomic E-state index is 12.8. The van der Waals surface area contributed by atoms with Crippen molar-refractivity contribution in [3.8, 4) is 0 Å². The number of rotatable bonds is 4. The summed E-state index contributed by atoms with van der Waals surface area (Å²) >= 11 is 0. The summed E-state index contributed by atoms with van der Waals surface area (Å²) in [6.45, 7) is 0.998. The average Bonchev–Trinajstić information content (AvgIpc) is 2.63. The Morgan fingerprint density at radius 2 is 1.87 bits per heavy atom. The summed E-state index contributed by atoms with van der Waals surface area (Å²) in [5.74, 6) is 0.450. The topological polar surface area (TPSA) is 58.6 Å². The standard InChI is InChI=1S/C19H27NO3/c21-13-14-8-10-16(11-9-14)20-19(22)17-7-4-12-23-18(17)15-5-2-1-3-6-15/h1-3,5-6,14,16-18,21H,4,7-13H2,(H,20,22). The zero-order valence-corrected chi connectivity index (χ0v) is 13.6. The Morgan fingerprint density at radius 1 is 1.13 bits per heavy atom. The third-order valence-electron chi connectivity index (χ3n) is 5.24. The molecule has 1 amide bonds. The van der Waals surface area contributed by atoms with Gasteiger partial charge >= 0.3 is 0 Å². The molecule has 1 aliphatic heterocycles. The molecule has 23 heavy (non-hydrogen) atoms. The van der Waals surface area contributed by atoms with Crippen LogP contribution in [-0.4, -0.2) is 30.3 Å². The van der Waals surface area contributed by atoms with Gasteiger partial charge in [0.25, 0.3) is 0 Å². The van der Waals surface area contributed by atoms with Gasteiger partial charge < -0.3 is 15.2 Å². The molecule has 2 atom stereocenters. The van der Waals surface area contributed by atoms with Crippen molar-refractivity contribution >= 4 is 5.91 Å². The number of hydrogen-bond donors (Lipinski definition) is 2. The van der Waals surface area contributed by atoms with Crippen molar-refractivity contribution in [1.29, 1.82) is 0 Å². The van der Waals surface area contributed by atoms with Gasteiger partial charge in [-0.25, -0.2) is 0 Å². The first-order valence-corrected chi connectivity index (χ1v) is 8.85. The van der Waals surface area contributed by atoms with E-state index >= 15 is 0 Å².